The third-order valence-electron chi connectivity index (χ3n) is 8.70. The Labute approximate surface area is 182 Å². The monoisotopic (exact) mass is 417 g/mol. The van der Waals surface area contributed by atoms with Gasteiger partial charge >= 0.3 is 12.1 Å². The van der Waals surface area contributed by atoms with Gasteiger partial charge in [0.1, 0.15) is 6.61 Å². The lowest BCUT2D eigenvalue weighted by Gasteiger charge is -2.38. The van der Waals surface area contributed by atoms with Crippen molar-refractivity contribution >= 4 is 12.1 Å². The van der Waals surface area contributed by atoms with Gasteiger partial charge in [0, 0.05) is 17.9 Å². The van der Waals surface area contributed by atoms with Crippen molar-refractivity contribution in [3.05, 3.63) is 59.7 Å². The lowest BCUT2D eigenvalue weighted by Crippen LogP contribution is -2.47. The first-order valence-electron chi connectivity index (χ1n) is 11.2. The molecule has 1 amide bonds. The Balaban J connectivity index is 1.14. The summed E-state index contributed by atoms with van der Waals surface area (Å²) in [5, 5.41) is 3.01. The van der Waals surface area contributed by atoms with Crippen molar-refractivity contribution < 1.29 is 19.1 Å². The molecule has 0 aliphatic heterocycles. The largest absolute Gasteiger partial charge is 0.469 e. The van der Waals surface area contributed by atoms with Crippen molar-refractivity contribution in [3.8, 4) is 11.1 Å². The number of hydrogen-bond acceptors (Lipinski definition) is 4. The van der Waals surface area contributed by atoms with E-state index in [1.165, 1.54) is 29.4 Å². The van der Waals surface area contributed by atoms with E-state index >= 15 is 0 Å². The van der Waals surface area contributed by atoms with Crippen LogP contribution in [0.5, 0.6) is 0 Å². The number of ether oxygens (including phenoxy) is 2. The fraction of sp³-hybridized carbons (Fsp3) is 0.462. The lowest BCUT2D eigenvalue weighted by atomic mass is 9.68. The van der Waals surface area contributed by atoms with Crippen LogP contribution in [0.25, 0.3) is 11.1 Å². The molecule has 4 bridgehead atoms. The second-order valence-electron chi connectivity index (χ2n) is 9.87. The molecule has 0 saturated heterocycles. The van der Waals surface area contributed by atoms with Gasteiger partial charge in [0.25, 0.3) is 0 Å². The number of benzene rings is 2. The Kier molecular flexibility index (Phi) is 4.02. The average molecular weight is 418 g/mol. The molecule has 4 fully saturated rings. The molecule has 0 aromatic heterocycles. The molecule has 160 valence electrons. The fourth-order valence-corrected chi connectivity index (χ4v) is 7.48. The maximum absolute atomic E-state index is 12.7. The van der Waals surface area contributed by atoms with Crippen molar-refractivity contribution in [3.63, 3.8) is 0 Å². The van der Waals surface area contributed by atoms with Gasteiger partial charge in [0.2, 0.25) is 0 Å². The molecule has 7 rings (SSSR count). The van der Waals surface area contributed by atoms with Crippen molar-refractivity contribution in [2.45, 2.75) is 31.6 Å². The first kappa shape index (κ1) is 18.9. The van der Waals surface area contributed by atoms with E-state index in [9.17, 15) is 9.59 Å². The van der Waals surface area contributed by atoms with Crippen LogP contribution in [0.2, 0.25) is 0 Å². The van der Waals surface area contributed by atoms with Crippen LogP contribution in [0, 0.1) is 22.7 Å². The van der Waals surface area contributed by atoms with Crippen LogP contribution in [0.4, 0.5) is 4.79 Å². The van der Waals surface area contributed by atoms with Crippen LogP contribution in [-0.2, 0) is 14.3 Å². The third kappa shape index (κ3) is 2.49. The number of fused-ring (bicyclic) bond motifs is 3. The minimum absolute atomic E-state index is 0.0490. The predicted molar refractivity (Wildman–Crippen MR) is 115 cm³/mol. The first-order valence-corrected chi connectivity index (χ1v) is 11.2. The molecule has 1 N–H and O–H groups in total. The average Bonchev–Trinajstić information content (AvgIpc) is 3.56. The zero-order valence-electron chi connectivity index (χ0n) is 17.7. The van der Waals surface area contributed by atoms with Gasteiger partial charge in [0.15, 0.2) is 0 Å². The van der Waals surface area contributed by atoms with E-state index < -0.39 is 11.5 Å². The molecule has 2 aromatic rings. The second-order valence-corrected chi connectivity index (χ2v) is 9.87. The number of amides is 1. The molecule has 2 aromatic carbocycles. The van der Waals surface area contributed by atoms with Crippen molar-refractivity contribution in [1.29, 1.82) is 0 Å². The summed E-state index contributed by atoms with van der Waals surface area (Å²) >= 11 is 0. The van der Waals surface area contributed by atoms with Crippen LogP contribution in [0.3, 0.4) is 0 Å². The van der Waals surface area contributed by atoms with Gasteiger partial charge in [-0.3, -0.25) is 4.79 Å². The SMILES string of the molecule is COC(=O)C12CC3CC1(CNC(=O)OCC1c4ccccc4-c4ccccc41)CC3C2. The van der Waals surface area contributed by atoms with Gasteiger partial charge in [-0.05, 0) is 59.8 Å². The number of rotatable bonds is 5. The lowest BCUT2D eigenvalue weighted by molar-refractivity contribution is -0.157. The highest BCUT2D eigenvalue weighted by molar-refractivity contribution is 5.81. The molecule has 31 heavy (non-hydrogen) atoms. The number of carbonyl (C=O) groups excluding carboxylic acids is 2. The Hall–Kier alpha value is -2.82. The standard InChI is InChI=1S/C26H27NO4/c1-30-23(28)26-12-16-10-25(26,11-17(16)13-26)15-27-24(29)31-14-22-20-8-4-2-6-18(20)19-7-3-5-9-21(19)22/h2-9,16-17,22H,10-15H2,1H3,(H,27,29). The van der Waals surface area contributed by atoms with Crippen LogP contribution in [0.15, 0.2) is 48.5 Å². The number of hydrogen-bond donors (Lipinski definition) is 1. The quantitative estimate of drug-likeness (QED) is 0.728. The van der Waals surface area contributed by atoms with E-state index in [0.29, 0.717) is 25.0 Å². The maximum Gasteiger partial charge on any atom is 0.407 e. The van der Waals surface area contributed by atoms with E-state index in [0.717, 1.165) is 25.7 Å². The number of methoxy groups -OCH3 is 1. The normalized spacial score (nSPS) is 31.5. The van der Waals surface area contributed by atoms with E-state index in [1.807, 2.05) is 24.3 Å². The minimum Gasteiger partial charge on any atom is -0.469 e. The molecule has 0 spiro atoms. The smallest absolute Gasteiger partial charge is 0.407 e. The van der Waals surface area contributed by atoms with Gasteiger partial charge in [-0.2, -0.15) is 0 Å². The molecule has 5 nitrogen and oxygen atoms in total. The van der Waals surface area contributed by atoms with Crippen molar-refractivity contribution in [2.75, 3.05) is 20.3 Å². The first-order chi connectivity index (χ1) is 15.1. The predicted octanol–water partition coefficient (Wildman–Crippen LogP) is 4.50. The highest BCUT2D eigenvalue weighted by atomic mass is 16.5. The summed E-state index contributed by atoms with van der Waals surface area (Å²) in [5.41, 5.74) is 4.27. The number of nitrogens with one attached hydrogen (secondary N) is 1. The van der Waals surface area contributed by atoms with E-state index in [-0.39, 0.29) is 17.3 Å². The molecule has 2 unspecified atom stereocenters. The van der Waals surface area contributed by atoms with Gasteiger partial charge in [-0.25, -0.2) is 4.79 Å². The molecule has 5 aliphatic rings. The Morgan fingerprint density at radius 1 is 0.935 bits per heavy atom. The van der Waals surface area contributed by atoms with E-state index in [4.69, 9.17) is 9.47 Å². The summed E-state index contributed by atoms with van der Waals surface area (Å²) in [6, 6.07) is 16.6. The molecule has 0 radical (unpaired) electrons. The zero-order chi connectivity index (χ0) is 21.2. The Morgan fingerprint density at radius 2 is 1.52 bits per heavy atom. The minimum atomic E-state index is -0.409. The molecular weight excluding hydrogens is 390 g/mol. The highest BCUT2D eigenvalue weighted by Crippen LogP contribution is 2.76. The van der Waals surface area contributed by atoms with E-state index in [1.54, 1.807) is 0 Å². The summed E-state index contributed by atoms with van der Waals surface area (Å²) in [7, 11) is 1.48. The van der Waals surface area contributed by atoms with Gasteiger partial charge in [-0.1, -0.05) is 48.5 Å². The Bertz CT molecular complexity index is 1020. The van der Waals surface area contributed by atoms with Crippen molar-refractivity contribution in [1.82, 2.24) is 5.32 Å². The van der Waals surface area contributed by atoms with Gasteiger partial charge in [0.05, 0.1) is 12.5 Å². The van der Waals surface area contributed by atoms with Gasteiger partial charge in [-0.15, -0.1) is 0 Å². The van der Waals surface area contributed by atoms with Crippen LogP contribution in [0.1, 0.15) is 42.7 Å². The molecule has 5 heteroatoms. The van der Waals surface area contributed by atoms with Gasteiger partial charge < -0.3 is 14.8 Å². The molecule has 2 atom stereocenters. The maximum atomic E-state index is 12.7. The summed E-state index contributed by atoms with van der Waals surface area (Å²) in [4.78, 5) is 25.3. The summed E-state index contributed by atoms with van der Waals surface area (Å²) in [6.45, 7) is 0.798. The fourth-order valence-electron chi connectivity index (χ4n) is 7.48. The van der Waals surface area contributed by atoms with Crippen molar-refractivity contribution in [2.24, 2.45) is 22.7 Å². The molecule has 5 aliphatic carbocycles. The zero-order valence-corrected chi connectivity index (χ0v) is 17.7. The highest BCUT2D eigenvalue weighted by Gasteiger charge is 2.74. The summed E-state index contributed by atoms with van der Waals surface area (Å²) in [5.74, 6) is 1.16. The summed E-state index contributed by atoms with van der Waals surface area (Å²) in [6.07, 6.45) is 3.45. The number of carbonyl (C=O) groups is 2. The van der Waals surface area contributed by atoms with Crippen LogP contribution < -0.4 is 5.32 Å². The van der Waals surface area contributed by atoms with Crippen LogP contribution in [-0.4, -0.2) is 32.3 Å². The third-order valence-corrected chi connectivity index (χ3v) is 8.70. The molecule has 4 saturated carbocycles. The number of esters is 1. The Morgan fingerprint density at radius 3 is 2.10 bits per heavy atom. The molecular formula is C26H27NO4. The summed E-state index contributed by atoms with van der Waals surface area (Å²) < 4.78 is 10.9. The molecule has 0 heterocycles. The second kappa shape index (κ2) is 6.59. The van der Waals surface area contributed by atoms with Crippen LogP contribution >= 0.6 is 0 Å². The number of alkyl carbamates (subject to hydrolysis) is 1. The topological polar surface area (TPSA) is 64.6 Å². The van der Waals surface area contributed by atoms with E-state index in [2.05, 4.69) is 29.6 Å².